The lowest BCUT2D eigenvalue weighted by Gasteiger charge is -2.17. The van der Waals surface area contributed by atoms with Crippen LogP contribution in [-0.4, -0.2) is 21.6 Å². The highest BCUT2D eigenvalue weighted by molar-refractivity contribution is 6.32. The van der Waals surface area contributed by atoms with Crippen LogP contribution in [0.2, 0.25) is 5.02 Å². The summed E-state index contributed by atoms with van der Waals surface area (Å²) in [4.78, 5) is 16.7. The van der Waals surface area contributed by atoms with Gasteiger partial charge >= 0.3 is 0 Å². The van der Waals surface area contributed by atoms with Crippen molar-refractivity contribution in [1.82, 2.24) is 14.9 Å². The van der Waals surface area contributed by atoms with E-state index in [1.165, 1.54) is 0 Å². The van der Waals surface area contributed by atoms with Crippen LogP contribution in [0, 0.1) is 6.92 Å². The number of halogens is 1. The first-order valence-electron chi connectivity index (χ1n) is 8.33. The predicted octanol–water partition coefficient (Wildman–Crippen LogP) is 3.92. The van der Waals surface area contributed by atoms with Crippen LogP contribution in [-0.2, 0) is 11.3 Å². The van der Waals surface area contributed by atoms with Crippen LogP contribution < -0.4 is 10.1 Å². The number of hydrogen-bond acceptors (Lipinski definition) is 3. The van der Waals surface area contributed by atoms with Crippen LogP contribution >= 0.6 is 11.6 Å². The molecule has 3 aromatic rings. The Balaban J connectivity index is 1.67. The molecule has 6 heteroatoms. The minimum absolute atomic E-state index is 0.206. The molecule has 0 aliphatic carbocycles. The number of nitrogens with zero attached hydrogens (tertiary/aromatic N) is 2. The molecule has 0 saturated carbocycles. The van der Waals surface area contributed by atoms with Gasteiger partial charge in [-0.2, -0.15) is 0 Å². The molecule has 0 saturated heterocycles. The Morgan fingerprint density at radius 1 is 1.23 bits per heavy atom. The maximum atomic E-state index is 12.4. The summed E-state index contributed by atoms with van der Waals surface area (Å²) in [5.74, 6) is 1.17. The summed E-state index contributed by atoms with van der Waals surface area (Å²) in [6.07, 6.45) is 3.00. The van der Waals surface area contributed by atoms with Crippen molar-refractivity contribution in [2.24, 2.45) is 0 Å². The number of ether oxygens (including phenoxy) is 1. The zero-order chi connectivity index (χ0) is 18.5. The summed E-state index contributed by atoms with van der Waals surface area (Å²) in [6, 6.07) is 15.0. The average Bonchev–Trinajstić information content (AvgIpc) is 3.07. The van der Waals surface area contributed by atoms with Crippen LogP contribution in [0.15, 0.2) is 60.9 Å². The van der Waals surface area contributed by atoms with Crippen molar-refractivity contribution in [3.63, 3.8) is 0 Å². The highest BCUT2D eigenvalue weighted by Gasteiger charge is 2.16. The van der Waals surface area contributed by atoms with Gasteiger partial charge in [-0.3, -0.25) is 4.79 Å². The number of para-hydroxylation sites is 2. The van der Waals surface area contributed by atoms with Gasteiger partial charge in [-0.25, -0.2) is 4.98 Å². The van der Waals surface area contributed by atoms with E-state index in [0.29, 0.717) is 17.3 Å². The topological polar surface area (TPSA) is 56.2 Å². The molecule has 0 fully saturated rings. The standard InChI is InChI=1S/C20H20ClN3O2/c1-14(26-19-10-6-4-8-17(19)21)20(25)23-13-16-7-3-5-9-18(16)24-12-11-22-15(24)2/h3-12,14H,13H2,1-2H3,(H,23,25)/t14-/m1/s1. The van der Waals surface area contributed by atoms with E-state index in [9.17, 15) is 4.79 Å². The summed E-state index contributed by atoms with van der Waals surface area (Å²) in [5.41, 5.74) is 1.98. The predicted molar refractivity (Wildman–Crippen MR) is 102 cm³/mol. The van der Waals surface area contributed by atoms with Crippen molar-refractivity contribution in [3.8, 4) is 11.4 Å². The number of nitrogens with one attached hydrogen (secondary N) is 1. The first-order valence-corrected chi connectivity index (χ1v) is 8.71. The van der Waals surface area contributed by atoms with Gasteiger partial charge in [0, 0.05) is 18.9 Å². The molecule has 1 atom stereocenters. The van der Waals surface area contributed by atoms with Crippen molar-refractivity contribution in [2.75, 3.05) is 0 Å². The maximum Gasteiger partial charge on any atom is 0.261 e. The second-order valence-electron chi connectivity index (χ2n) is 5.88. The Labute approximate surface area is 157 Å². The van der Waals surface area contributed by atoms with E-state index in [4.69, 9.17) is 16.3 Å². The maximum absolute atomic E-state index is 12.4. The monoisotopic (exact) mass is 369 g/mol. The Bertz CT molecular complexity index is 907. The second-order valence-corrected chi connectivity index (χ2v) is 6.29. The number of imidazole rings is 1. The van der Waals surface area contributed by atoms with Crippen LogP contribution in [0.5, 0.6) is 5.75 Å². The third-order valence-electron chi connectivity index (χ3n) is 4.04. The summed E-state index contributed by atoms with van der Waals surface area (Å²) < 4.78 is 7.65. The van der Waals surface area contributed by atoms with Gasteiger partial charge in [0.1, 0.15) is 11.6 Å². The summed E-state index contributed by atoms with van der Waals surface area (Å²) >= 11 is 6.07. The fraction of sp³-hybridized carbons (Fsp3) is 0.200. The van der Waals surface area contributed by atoms with E-state index in [0.717, 1.165) is 17.1 Å². The van der Waals surface area contributed by atoms with Crippen molar-refractivity contribution in [3.05, 3.63) is 77.3 Å². The number of carbonyl (C=O) groups excluding carboxylic acids is 1. The number of amides is 1. The fourth-order valence-electron chi connectivity index (χ4n) is 2.64. The second kappa shape index (κ2) is 8.06. The van der Waals surface area contributed by atoms with Crippen LogP contribution in [0.25, 0.3) is 5.69 Å². The number of aryl methyl sites for hydroxylation is 1. The van der Waals surface area contributed by atoms with Gasteiger partial charge in [-0.15, -0.1) is 0 Å². The van der Waals surface area contributed by atoms with E-state index in [1.807, 2.05) is 54.1 Å². The molecule has 2 aromatic carbocycles. The lowest BCUT2D eigenvalue weighted by atomic mass is 10.1. The smallest absolute Gasteiger partial charge is 0.261 e. The molecule has 1 heterocycles. The summed E-state index contributed by atoms with van der Waals surface area (Å²) in [6.45, 7) is 4.03. The average molecular weight is 370 g/mol. The molecule has 0 radical (unpaired) electrons. The number of benzene rings is 2. The van der Waals surface area contributed by atoms with Gasteiger partial charge in [-0.05, 0) is 37.6 Å². The quantitative estimate of drug-likeness (QED) is 0.716. The Kier molecular flexibility index (Phi) is 5.58. The third kappa shape index (κ3) is 4.06. The molecule has 0 aliphatic heterocycles. The van der Waals surface area contributed by atoms with Gasteiger partial charge in [0.2, 0.25) is 0 Å². The molecule has 0 unspecified atom stereocenters. The summed E-state index contributed by atoms with van der Waals surface area (Å²) in [7, 11) is 0. The highest BCUT2D eigenvalue weighted by atomic mass is 35.5. The first-order chi connectivity index (χ1) is 12.6. The largest absolute Gasteiger partial charge is 0.479 e. The molecule has 3 rings (SSSR count). The molecular weight excluding hydrogens is 350 g/mol. The molecule has 26 heavy (non-hydrogen) atoms. The molecule has 5 nitrogen and oxygen atoms in total. The molecule has 0 spiro atoms. The number of hydrogen-bond donors (Lipinski definition) is 1. The minimum Gasteiger partial charge on any atom is -0.479 e. The number of carbonyl (C=O) groups is 1. The molecular formula is C20H20ClN3O2. The van der Waals surface area contributed by atoms with Crippen LogP contribution in [0.4, 0.5) is 0 Å². The lowest BCUT2D eigenvalue weighted by molar-refractivity contribution is -0.127. The van der Waals surface area contributed by atoms with Crippen LogP contribution in [0.1, 0.15) is 18.3 Å². The van der Waals surface area contributed by atoms with E-state index in [-0.39, 0.29) is 5.91 Å². The van der Waals surface area contributed by atoms with E-state index in [2.05, 4.69) is 10.3 Å². The highest BCUT2D eigenvalue weighted by Crippen LogP contribution is 2.24. The normalized spacial score (nSPS) is 11.8. The van der Waals surface area contributed by atoms with Gasteiger partial charge in [0.05, 0.1) is 10.7 Å². The summed E-state index contributed by atoms with van der Waals surface area (Å²) in [5, 5.41) is 3.40. The number of rotatable bonds is 6. The van der Waals surface area contributed by atoms with E-state index in [1.54, 1.807) is 25.3 Å². The van der Waals surface area contributed by atoms with Crippen molar-refractivity contribution in [1.29, 1.82) is 0 Å². The molecule has 1 aromatic heterocycles. The Morgan fingerprint density at radius 3 is 2.69 bits per heavy atom. The molecule has 1 N–H and O–H groups in total. The van der Waals surface area contributed by atoms with Gasteiger partial charge < -0.3 is 14.6 Å². The Morgan fingerprint density at radius 2 is 1.96 bits per heavy atom. The van der Waals surface area contributed by atoms with E-state index < -0.39 is 6.10 Å². The minimum atomic E-state index is -0.656. The van der Waals surface area contributed by atoms with Gasteiger partial charge in [0.15, 0.2) is 6.10 Å². The van der Waals surface area contributed by atoms with E-state index >= 15 is 0 Å². The van der Waals surface area contributed by atoms with Crippen LogP contribution in [0.3, 0.4) is 0 Å². The molecule has 0 bridgehead atoms. The van der Waals surface area contributed by atoms with Crippen molar-refractivity contribution in [2.45, 2.75) is 26.5 Å². The van der Waals surface area contributed by atoms with Crippen molar-refractivity contribution < 1.29 is 9.53 Å². The first kappa shape index (κ1) is 18.0. The third-order valence-corrected chi connectivity index (χ3v) is 4.35. The van der Waals surface area contributed by atoms with Gasteiger partial charge in [0.25, 0.3) is 5.91 Å². The SMILES string of the molecule is Cc1nccn1-c1ccccc1CNC(=O)[C@@H](C)Oc1ccccc1Cl. The zero-order valence-corrected chi connectivity index (χ0v) is 15.4. The fourth-order valence-corrected chi connectivity index (χ4v) is 2.82. The van der Waals surface area contributed by atoms with Crippen molar-refractivity contribution >= 4 is 17.5 Å². The van der Waals surface area contributed by atoms with Gasteiger partial charge in [-0.1, -0.05) is 41.9 Å². The Hall–Kier alpha value is -2.79. The molecule has 134 valence electrons. The number of aromatic nitrogens is 2. The molecule has 0 aliphatic rings. The zero-order valence-electron chi connectivity index (χ0n) is 14.6. The molecule has 1 amide bonds. The lowest BCUT2D eigenvalue weighted by Crippen LogP contribution is -2.36.